The quantitative estimate of drug-likeness (QED) is 0.487. The van der Waals surface area contributed by atoms with Crippen LogP contribution < -0.4 is 5.73 Å². The number of hydrogen-bond donors (Lipinski definition) is 2. The predicted octanol–water partition coefficient (Wildman–Crippen LogP) is 2.86. The van der Waals surface area contributed by atoms with Crippen LogP contribution in [0.5, 0.6) is 5.75 Å². The summed E-state index contributed by atoms with van der Waals surface area (Å²) in [4.78, 5) is 12.1. The Morgan fingerprint density at radius 3 is 2.53 bits per heavy atom. The molecule has 86 valence electrons. The van der Waals surface area contributed by atoms with Crippen LogP contribution in [0.3, 0.4) is 0 Å². The van der Waals surface area contributed by atoms with Gasteiger partial charge in [0.05, 0.1) is 10.7 Å². The fourth-order valence-corrected chi connectivity index (χ4v) is 1.72. The second-order valence-corrected chi connectivity index (χ2v) is 3.99. The van der Waals surface area contributed by atoms with Crippen molar-refractivity contribution in [3.8, 4) is 5.75 Å². The predicted molar refractivity (Wildman–Crippen MR) is 67.4 cm³/mol. The number of nitrogens with two attached hydrogens (primary N) is 1. The van der Waals surface area contributed by atoms with E-state index >= 15 is 0 Å². The number of carbonyl (C=O) groups is 1. The minimum Gasteiger partial charge on any atom is -0.506 e. The highest BCUT2D eigenvalue weighted by molar-refractivity contribution is 6.35. The van der Waals surface area contributed by atoms with Crippen LogP contribution in [0.15, 0.2) is 42.5 Å². The number of aromatic hydroxyl groups is 1. The van der Waals surface area contributed by atoms with Crippen LogP contribution in [0.4, 0.5) is 5.69 Å². The van der Waals surface area contributed by atoms with Crippen LogP contribution in [0.25, 0.3) is 0 Å². The van der Waals surface area contributed by atoms with E-state index in [1.165, 1.54) is 18.2 Å². The van der Waals surface area contributed by atoms with Crippen molar-refractivity contribution in [2.24, 2.45) is 0 Å². The first-order valence-corrected chi connectivity index (χ1v) is 5.35. The fourth-order valence-electron chi connectivity index (χ4n) is 1.50. The number of rotatable bonds is 2. The molecule has 3 N–H and O–H groups in total. The lowest BCUT2D eigenvalue weighted by atomic mass is 10.0. The molecule has 2 aromatic rings. The largest absolute Gasteiger partial charge is 0.506 e. The van der Waals surface area contributed by atoms with Gasteiger partial charge < -0.3 is 10.8 Å². The third-order valence-electron chi connectivity index (χ3n) is 2.41. The highest BCUT2D eigenvalue weighted by Crippen LogP contribution is 2.24. The Hall–Kier alpha value is -2.00. The maximum Gasteiger partial charge on any atom is 0.194 e. The topological polar surface area (TPSA) is 63.3 Å². The van der Waals surface area contributed by atoms with E-state index in [0.717, 1.165) is 0 Å². The molecule has 17 heavy (non-hydrogen) atoms. The van der Waals surface area contributed by atoms with Crippen LogP contribution >= 0.6 is 11.6 Å². The van der Waals surface area contributed by atoms with Gasteiger partial charge in [-0.25, -0.2) is 0 Å². The van der Waals surface area contributed by atoms with Gasteiger partial charge in [0.2, 0.25) is 0 Å². The van der Waals surface area contributed by atoms with E-state index < -0.39 is 0 Å². The molecule has 0 spiro atoms. The smallest absolute Gasteiger partial charge is 0.194 e. The number of halogens is 1. The number of benzene rings is 2. The van der Waals surface area contributed by atoms with Crippen LogP contribution in [-0.4, -0.2) is 10.9 Å². The van der Waals surface area contributed by atoms with Gasteiger partial charge in [0.25, 0.3) is 0 Å². The lowest BCUT2D eigenvalue weighted by molar-refractivity contribution is 0.103. The van der Waals surface area contributed by atoms with Crippen molar-refractivity contribution in [1.82, 2.24) is 0 Å². The molecule has 0 fully saturated rings. The minimum absolute atomic E-state index is 0.0410. The summed E-state index contributed by atoms with van der Waals surface area (Å²) in [5.74, 6) is -0.261. The monoisotopic (exact) mass is 247 g/mol. The second kappa shape index (κ2) is 4.47. The molecule has 0 amide bonds. The molecule has 0 unspecified atom stereocenters. The number of carbonyl (C=O) groups excluding carboxylic acids is 1. The van der Waals surface area contributed by atoms with Crippen molar-refractivity contribution in [3.63, 3.8) is 0 Å². The van der Waals surface area contributed by atoms with Crippen molar-refractivity contribution in [2.45, 2.75) is 0 Å². The van der Waals surface area contributed by atoms with Gasteiger partial charge in [-0.15, -0.1) is 0 Å². The van der Waals surface area contributed by atoms with Crippen molar-refractivity contribution in [1.29, 1.82) is 0 Å². The number of hydrogen-bond acceptors (Lipinski definition) is 3. The molecule has 0 atom stereocenters. The minimum atomic E-state index is -0.220. The summed E-state index contributed by atoms with van der Waals surface area (Å²) >= 11 is 5.94. The standard InChI is InChI=1S/C13H10ClNO2/c14-10-4-2-1-3-9(10)13(17)8-5-6-12(16)11(15)7-8/h1-7,16H,15H2. The number of anilines is 1. The van der Waals surface area contributed by atoms with Gasteiger partial charge in [-0.3, -0.25) is 4.79 Å². The lowest BCUT2D eigenvalue weighted by Gasteiger charge is -2.05. The van der Waals surface area contributed by atoms with E-state index in [9.17, 15) is 9.90 Å². The summed E-state index contributed by atoms with van der Waals surface area (Å²) in [7, 11) is 0. The molecule has 0 aromatic heterocycles. The van der Waals surface area contributed by atoms with Gasteiger partial charge in [-0.1, -0.05) is 23.7 Å². The summed E-state index contributed by atoms with van der Waals surface area (Å²) < 4.78 is 0. The summed E-state index contributed by atoms with van der Waals surface area (Å²) in [5.41, 5.74) is 6.52. The maximum atomic E-state index is 12.1. The van der Waals surface area contributed by atoms with E-state index in [-0.39, 0.29) is 17.2 Å². The number of phenolic OH excluding ortho intramolecular Hbond substituents is 1. The molecule has 0 heterocycles. The van der Waals surface area contributed by atoms with Crippen LogP contribution in [0.1, 0.15) is 15.9 Å². The lowest BCUT2D eigenvalue weighted by Crippen LogP contribution is -2.02. The zero-order valence-corrected chi connectivity index (χ0v) is 9.61. The van der Waals surface area contributed by atoms with Crippen molar-refractivity contribution in [2.75, 3.05) is 5.73 Å². The Balaban J connectivity index is 2.44. The van der Waals surface area contributed by atoms with E-state index in [1.807, 2.05) is 0 Å². The SMILES string of the molecule is Nc1cc(C(=O)c2ccccc2Cl)ccc1O. The van der Waals surface area contributed by atoms with Gasteiger partial charge in [-0.2, -0.15) is 0 Å². The average Bonchev–Trinajstić information content (AvgIpc) is 2.32. The molecule has 0 aliphatic heterocycles. The first-order chi connectivity index (χ1) is 8.09. The van der Waals surface area contributed by atoms with Crippen molar-refractivity contribution >= 4 is 23.1 Å². The molecule has 4 heteroatoms. The van der Waals surface area contributed by atoms with E-state index in [1.54, 1.807) is 24.3 Å². The molecule has 0 bridgehead atoms. The molecule has 0 aliphatic carbocycles. The number of phenols is 1. The number of nitrogen functional groups attached to an aromatic ring is 1. The molecular weight excluding hydrogens is 238 g/mol. The Morgan fingerprint density at radius 1 is 1.18 bits per heavy atom. The molecule has 2 rings (SSSR count). The normalized spacial score (nSPS) is 10.2. The van der Waals surface area contributed by atoms with Crippen LogP contribution in [-0.2, 0) is 0 Å². The summed E-state index contributed by atoms with van der Waals surface area (Å²) in [6.45, 7) is 0. The van der Waals surface area contributed by atoms with E-state index in [2.05, 4.69) is 0 Å². The van der Waals surface area contributed by atoms with Gasteiger partial charge in [0, 0.05) is 11.1 Å². The van der Waals surface area contributed by atoms with Crippen LogP contribution in [0, 0.1) is 0 Å². The fraction of sp³-hybridized carbons (Fsp3) is 0. The Bertz CT molecular complexity index is 581. The van der Waals surface area contributed by atoms with Crippen molar-refractivity contribution in [3.05, 3.63) is 58.6 Å². The van der Waals surface area contributed by atoms with Gasteiger partial charge in [-0.05, 0) is 30.3 Å². The first-order valence-electron chi connectivity index (χ1n) is 4.97. The van der Waals surface area contributed by atoms with Gasteiger partial charge >= 0.3 is 0 Å². The van der Waals surface area contributed by atoms with Crippen LogP contribution in [0.2, 0.25) is 5.02 Å². The average molecular weight is 248 g/mol. The Kier molecular flexibility index (Phi) is 3.02. The van der Waals surface area contributed by atoms with E-state index in [4.69, 9.17) is 17.3 Å². The number of ketones is 1. The Morgan fingerprint density at radius 2 is 1.88 bits per heavy atom. The maximum absolute atomic E-state index is 12.1. The molecular formula is C13H10ClNO2. The highest BCUT2D eigenvalue weighted by atomic mass is 35.5. The second-order valence-electron chi connectivity index (χ2n) is 3.58. The third kappa shape index (κ3) is 2.24. The molecule has 3 nitrogen and oxygen atoms in total. The molecule has 0 radical (unpaired) electrons. The molecule has 0 saturated heterocycles. The van der Waals surface area contributed by atoms with Gasteiger partial charge in [0.15, 0.2) is 5.78 Å². The third-order valence-corrected chi connectivity index (χ3v) is 2.74. The zero-order chi connectivity index (χ0) is 12.4. The Labute approximate surface area is 103 Å². The summed E-state index contributed by atoms with van der Waals surface area (Å²) in [6, 6.07) is 11.1. The highest BCUT2D eigenvalue weighted by Gasteiger charge is 2.13. The molecule has 0 aliphatic rings. The zero-order valence-electron chi connectivity index (χ0n) is 8.85. The van der Waals surface area contributed by atoms with Gasteiger partial charge in [0.1, 0.15) is 5.75 Å². The van der Waals surface area contributed by atoms with Crippen molar-refractivity contribution < 1.29 is 9.90 Å². The molecule has 2 aromatic carbocycles. The van der Waals surface area contributed by atoms with E-state index in [0.29, 0.717) is 16.1 Å². The molecule has 0 saturated carbocycles. The summed E-state index contributed by atoms with van der Waals surface area (Å²) in [6.07, 6.45) is 0. The summed E-state index contributed by atoms with van der Waals surface area (Å²) in [5, 5.41) is 9.68. The first kappa shape index (κ1) is 11.5.